The Morgan fingerprint density at radius 3 is 2.47 bits per heavy atom. The van der Waals surface area contributed by atoms with Gasteiger partial charge in [0.2, 0.25) is 0 Å². The van der Waals surface area contributed by atoms with Gasteiger partial charge in [0, 0.05) is 9.40 Å². The molecule has 1 heterocycles. The van der Waals surface area contributed by atoms with Gasteiger partial charge in [-0.15, -0.1) is 22.7 Å². The van der Waals surface area contributed by atoms with Gasteiger partial charge in [0.15, 0.2) is 3.98 Å². The van der Waals surface area contributed by atoms with E-state index in [-0.39, 0.29) is 0 Å². The van der Waals surface area contributed by atoms with Crippen LogP contribution in [0.2, 0.25) is 0 Å². The first kappa shape index (κ1) is 10.3. The van der Waals surface area contributed by atoms with Crippen molar-refractivity contribution in [3.05, 3.63) is 28.3 Å². The molecule has 2 aromatic rings. The summed E-state index contributed by atoms with van der Waals surface area (Å²) in [6, 6.07) is 7.97. The van der Waals surface area contributed by atoms with Crippen LogP contribution in [-0.2, 0) is 4.74 Å². The van der Waals surface area contributed by atoms with Gasteiger partial charge >= 0.3 is 6.09 Å². The number of fused-ring (bicyclic) bond motifs is 1. The molecule has 1 amide bonds. The zero-order valence-corrected chi connectivity index (χ0v) is 9.73. The van der Waals surface area contributed by atoms with E-state index in [0.717, 1.165) is 13.4 Å². The van der Waals surface area contributed by atoms with Gasteiger partial charge in [-0.2, -0.15) is 4.99 Å². The van der Waals surface area contributed by atoms with Crippen LogP contribution in [0.5, 0.6) is 0 Å². The Kier molecular flexibility index (Phi) is 3.13. The van der Waals surface area contributed by atoms with Crippen molar-refractivity contribution in [1.82, 2.24) is 0 Å². The van der Waals surface area contributed by atoms with Crippen LogP contribution in [0.3, 0.4) is 0 Å². The molecule has 0 aliphatic rings. The van der Waals surface area contributed by atoms with Crippen molar-refractivity contribution in [1.29, 1.82) is 0 Å². The highest BCUT2D eigenvalue weighted by molar-refractivity contribution is 7.35. The van der Waals surface area contributed by atoms with Gasteiger partial charge < -0.3 is 4.74 Å². The first-order valence-corrected chi connectivity index (χ1v) is 6.13. The van der Waals surface area contributed by atoms with E-state index in [4.69, 9.17) is 4.74 Å². The number of hydrogen-bond acceptors (Lipinski definition) is 4. The molecular weight excluding hydrogens is 230 g/mol. The second-order valence-corrected chi connectivity index (χ2v) is 5.05. The summed E-state index contributed by atoms with van der Waals surface area (Å²) >= 11 is 3.00. The molecule has 5 heteroatoms. The second-order valence-electron chi connectivity index (χ2n) is 2.73. The van der Waals surface area contributed by atoms with E-state index >= 15 is 0 Å². The molecule has 0 radical (unpaired) electrons. The zero-order chi connectivity index (χ0) is 10.7. The third-order valence-electron chi connectivity index (χ3n) is 1.69. The molecule has 0 fully saturated rings. The molecule has 0 aliphatic heterocycles. The molecule has 1 aromatic heterocycles. The Hall–Kier alpha value is -1.20. The summed E-state index contributed by atoms with van der Waals surface area (Å²) < 4.78 is 7.77. The molecule has 0 spiro atoms. The molecule has 0 saturated heterocycles. The Bertz CT molecular complexity index is 505. The smallest absolute Gasteiger partial charge is 0.435 e. The van der Waals surface area contributed by atoms with Crippen molar-refractivity contribution in [2.45, 2.75) is 6.92 Å². The van der Waals surface area contributed by atoms with Crippen LogP contribution >= 0.6 is 22.7 Å². The molecule has 0 unspecified atom stereocenters. The molecule has 0 atom stereocenters. The van der Waals surface area contributed by atoms with Crippen LogP contribution in [0.4, 0.5) is 4.79 Å². The number of rotatable bonds is 1. The SMILES string of the molecule is CCOC(=O)N=c1sc2ccccc2s1. The lowest BCUT2D eigenvalue weighted by Crippen LogP contribution is -2.01. The summed E-state index contributed by atoms with van der Waals surface area (Å²) in [5, 5.41) is 0. The predicted molar refractivity (Wildman–Crippen MR) is 62.3 cm³/mol. The summed E-state index contributed by atoms with van der Waals surface area (Å²) in [4.78, 5) is 15.0. The standard InChI is InChI=1S/C10H9NO2S2/c1-2-13-9(12)11-10-14-7-5-3-4-6-8(7)15-10/h3-6H,2H2,1H3. The highest BCUT2D eigenvalue weighted by Gasteiger charge is 2.00. The summed E-state index contributed by atoms with van der Waals surface area (Å²) in [5.74, 6) is 0. The first-order chi connectivity index (χ1) is 7.29. The second kappa shape index (κ2) is 4.55. The summed E-state index contributed by atoms with van der Waals surface area (Å²) in [7, 11) is 0. The van der Waals surface area contributed by atoms with Crippen LogP contribution in [0.15, 0.2) is 29.3 Å². The summed E-state index contributed by atoms with van der Waals surface area (Å²) in [6.45, 7) is 2.12. The van der Waals surface area contributed by atoms with Gasteiger partial charge in [0.05, 0.1) is 6.61 Å². The van der Waals surface area contributed by atoms with Crippen molar-refractivity contribution < 1.29 is 9.53 Å². The molecule has 3 nitrogen and oxygen atoms in total. The van der Waals surface area contributed by atoms with Crippen molar-refractivity contribution >= 4 is 38.2 Å². The average Bonchev–Trinajstić information content (AvgIpc) is 2.59. The summed E-state index contributed by atoms with van der Waals surface area (Å²) in [6.07, 6.45) is -0.514. The third-order valence-corrected chi connectivity index (χ3v) is 4.01. The maximum atomic E-state index is 11.1. The Morgan fingerprint density at radius 1 is 1.33 bits per heavy atom. The average molecular weight is 239 g/mol. The van der Waals surface area contributed by atoms with Gasteiger partial charge in [0.1, 0.15) is 0 Å². The number of nitrogens with zero attached hydrogens (tertiary/aromatic N) is 1. The molecule has 0 saturated carbocycles. The molecule has 78 valence electrons. The van der Waals surface area contributed by atoms with E-state index in [1.807, 2.05) is 24.3 Å². The van der Waals surface area contributed by atoms with E-state index in [2.05, 4.69) is 4.99 Å². The quantitative estimate of drug-likeness (QED) is 0.767. The van der Waals surface area contributed by atoms with Crippen LogP contribution in [0, 0.1) is 0 Å². The Morgan fingerprint density at radius 2 is 1.93 bits per heavy atom. The lowest BCUT2D eigenvalue weighted by atomic mass is 10.4. The number of ether oxygens (including phenoxy) is 1. The van der Waals surface area contributed by atoms with Gasteiger partial charge in [-0.25, -0.2) is 4.79 Å². The molecule has 2 rings (SSSR count). The van der Waals surface area contributed by atoms with E-state index in [9.17, 15) is 4.79 Å². The summed E-state index contributed by atoms with van der Waals surface area (Å²) in [5.41, 5.74) is 0. The monoisotopic (exact) mass is 239 g/mol. The van der Waals surface area contributed by atoms with Gasteiger partial charge in [-0.3, -0.25) is 0 Å². The predicted octanol–water partition coefficient (Wildman–Crippen LogP) is 3.02. The largest absolute Gasteiger partial charge is 0.448 e. The topological polar surface area (TPSA) is 38.7 Å². The van der Waals surface area contributed by atoms with Crippen molar-refractivity contribution in [2.75, 3.05) is 6.61 Å². The third kappa shape index (κ3) is 2.43. The molecule has 15 heavy (non-hydrogen) atoms. The van der Waals surface area contributed by atoms with Crippen molar-refractivity contribution in [3.8, 4) is 0 Å². The van der Waals surface area contributed by atoms with Gasteiger partial charge in [-0.1, -0.05) is 12.1 Å². The maximum Gasteiger partial charge on any atom is 0.435 e. The number of benzene rings is 1. The normalized spacial score (nSPS) is 10.2. The lowest BCUT2D eigenvalue weighted by Gasteiger charge is -1.90. The van der Waals surface area contributed by atoms with E-state index in [1.54, 1.807) is 6.92 Å². The first-order valence-electron chi connectivity index (χ1n) is 4.50. The fraction of sp³-hybridized carbons (Fsp3) is 0.200. The minimum atomic E-state index is -0.514. The Balaban J connectivity index is 2.40. The fourth-order valence-electron chi connectivity index (χ4n) is 1.10. The minimum absolute atomic E-state index is 0.359. The van der Waals surface area contributed by atoms with Crippen LogP contribution in [0.1, 0.15) is 6.92 Å². The Labute approximate surface area is 94.7 Å². The van der Waals surface area contributed by atoms with Crippen LogP contribution in [0.25, 0.3) is 9.40 Å². The highest BCUT2D eigenvalue weighted by Crippen LogP contribution is 2.20. The van der Waals surface area contributed by atoms with Gasteiger partial charge in [0.25, 0.3) is 0 Å². The lowest BCUT2D eigenvalue weighted by molar-refractivity contribution is 0.163. The minimum Gasteiger partial charge on any atom is -0.448 e. The molecule has 0 bridgehead atoms. The van der Waals surface area contributed by atoms with Crippen molar-refractivity contribution in [3.63, 3.8) is 0 Å². The fourth-order valence-corrected chi connectivity index (χ4v) is 3.31. The van der Waals surface area contributed by atoms with E-state index in [0.29, 0.717) is 6.61 Å². The molecule has 0 aliphatic carbocycles. The van der Waals surface area contributed by atoms with Crippen molar-refractivity contribution in [2.24, 2.45) is 4.99 Å². The number of hydrogen-bond donors (Lipinski definition) is 0. The maximum absolute atomic E-state index is 11.1. The highest BCUT2D eigenvalue weighted by atomic mass is 32.2. The van der Waals surface area contributed by atoms with Gasteiger partial charge in [-0.05, 0) is 19.1 Å². The molecular formula is C10H9NO2S2. The zero-order valence-electron chi connectivity index (χ0n) is 8.10. The number of carbonyl (C=O) groups excluding carboxylic acids is 1. The van der Waals surface area contributed by atoms with E-state index in [1.165, 1.54) is 22.7 Å². The number of amides is 1. The molecule has 0 N–H and O–H groups in total. The van der Waals surface area contributed by atoms with Crippen LogP contribution in [-0.4, -0.2) is 12.7 Å². The van der Waals surface area contributed by atoms with E-state index < -0.39 is 6.09 Å². The molecule has 1 aromatic carbocycles. The van der Waals surface area contributed by atoms with Crippen LogP contribution < -0.4 is 3.98 Å². The number of carbonyl (C=O) groups is 1.